The van der Waals surface area contributed by atoms with E-state index in [1.165, 1.54) is 38.8 Å². The topological polar surface area (TPSA) is 70.7 Å². The molecular weight excluding hydrogens is 362 g/mol. The summed E-state index contributed by atoms with van der Waals surface area (Å²) in [6.07, 6.45) is 10.1. The summed E-state index contributed by atoms with van der Waals surface area (Å²) in [6.45, 7) is 6.69. The second-order valence-electron chi connectivity index (χ2n) is 11.0. The Morgan fingerprint density at radius 3 is 1.41 bits per heavy atom. The van der Waals surface area contributed by atoms with Gasteiger partial charge in [0.1, 0.15) is 0 Å². The van der Waals surface area contributed by atoms with Crippen LogP contribution in [0.3, 0.4) is 0 Å². The molecule has 4 aliphatic rings. The zero-order valence-corrected chi connectivity index (χ0v) is 18.9. The van der Waals surface area contributed by atoms with Gasteiger partial charge in [-0.3, -0.25) is 0 Å². The molecule has 2 aliphatic heterocycles. The van der Waals surface area contributed by atoms with E-state index in [0.717, 1.165) is 57.0 Å². The molecule has 2 saturated heterocycles. The first-order chi connectivity index (χ1) is 13.7. The van der Waals surface area contributed by atoms with Crippen molar-refractivity contribution in [2.45, 2.75) is 82.3 Å². The fraction of sp³-hybridized carbons (Fsp3) is 0.958. The number of nitrogens with zero attached hydrogens (tertiary/aromatic N) is 3. The molecule has 0 spiro atoms. The highest BCUT2D eigenvalue weighted by Gasteiger charge is 2.39. The smallest absolute Gasteiger partial charge is 0.0783 e. The maximum atomic E-state index is 10.4. The van der Waals surface area contributed by atoms with Gasteiger partial charge in [-0.1, -0.05) is 6.92 Å². The highest BCUT2D eigenvalue weighted by Crippen LogP contribution is 2.40. The van der Waals surface area contributed by atoms with E-state index in [4.69, 9.17) is 5.26 Å². The van der Waals surface area contributed by atoms with E-state index in [-0.39, 0.29) is 5.60 Å². The Hall–Kier alpha value is -0.670. The highest BCUT2D eigenvalue weighted by atomic mass is 16.3. The SMILES string of the molecule is CCC1(O)CC2CCC(CN(C)C2)C1.CN1CC2CCC(C1)CC(O)(CC#N)C2. The van der Waals surface area contributed by atoms with Crippen LogP contribution in [0.4, 0.5) is 0 Å². The van der Waals surface area contributed by atoms with Crippen LogP contribution < -0.4 is 0 Å². The number of aliphatic hydroxyl groups is 2. The number of hydrogen-bond acceptors (Lipinski definition) is 5. The number of hydrogen-bond donors (Lipinski definition) is 2. The molecule has 4 atom stereocenters. The minimum atomic E-state index is -0.693. The van der Waals surface area contributed by atoms with Gasteiger partial charge in [-0.2, -0.15) is 5.26 Å². The maximum absolute atomic E-state index is 10.4. The van der Waals surface area contributed by atoms with E-state index in [1.54, 1.807) is 0 Å². The van der Waals surface area contributed by atoms with Crippen LogP contribution in [-0.2, 0) is 0 Å². The Kier molecular flexibility index (Phi) is 7.65. The van der Waals surface area contributed by atoms with E-state index in [0.29, 0.717) is 18.3 Å². The molecule has 29 heavy (non-hydrogen) atoms. The van der Waals surface area contributed by atoms with Crippen LogP contribution in [0.15, 0.2) is 0 Å². The number of fused-ring (bicyclic) bond motifs is 6. The van der Waals surface area contributed by atoms with Crippen molar-refractivity contribution in [3.63, 3.8) is 0 Å². The Morgan fingerprint density at radius 1 is 0.759 bits per heavy atom. The van der Waals surface area contributed by atoms with Crippen molar-refractivity contribution >= 4 is 0 Å². The summed E-state index contributed by atoms with van der Waals surface area (Å²) < 4.78 is 0. The van der Waals surface area contributed by atoms with E-state index in [1.807, 2.05) is 0 Å². The minimum Gasteiger partial charge on any atom is -0.390 e. The summed E-state index contributed by atoms with van der Waals surface area (Å²) in [5, 5.41) is 29.6. The van der Waals surface area contributed by atoms with Gasteiger partial charge in [0.05, 0.1) is 23.7 Å². The van der Waals surface area contributed by atoms with Gasteiger partial charge in [-0.15, -0.1) is 0 Å². The zero-order valence-electron chi connectivity index (χ0n) is 18.9. The van der Waals surface area contributed by atoms with Gasteiger partial charge in [0.25, 0.3) is 0 Å². The van der Waals surface area contributed by atoms with Gasteiger partial charge in [0.15, 0.2) is 0 Å². The summed E-state index contributed by atoms with van der Waals surface area (Å²) in [6, 6.07) is 2.14. The molecule has 4 unspecified atom stereocenters. The first-order valence-corrected chi connectivity index (χ1v) is 11.9. The van der Waals surface area contributed by atoms with Crippen LogP contribution in [0.25, 0.3) is 0 Å². The lowest BCUT2D eigenvalue weighted by Crippen LogP contribution is -2.40. The van der Waals surface area contributed by atoms with Crippen LogP contribution >= 0.6 is 0 Å². The second kappa shape index (κ2) is 9.64. The van der Waals surface area contributed by atoms with Gasteiger partial charge < -0.3 is 20.0 Å². The third kappa shape index (κ3) is 6.40. The first-order valence-electron chi connectivity index (χ1n) is 11.9. The lowest BCUT2D eigenvalue weighted by atomic mass is 9.83. The van der Waals surface area contributed by atoms with Crippen LogP contribution in [0.2, 0.25) is 0 Å². The van der Waals surface area contributed by atoms with Crippen molar-refractivity contribution in [3.05, 3.63) is 0 Å². The van der Waals surface area contributed by atoms with Gasteiger partial charge in [0.2, 0.25) is 0 Å². The van der Waals surface area contributed by atoms with E-state index < -0.39 is 5.60 Å². The molecule has 2 saturated carbocycles. The molecule has 5 nitrogen and oxygen atoms in total. The second-order valence-corrected chi connectivity index (χ2v) is 11.0. The third-order valence-electron chi connectivity index (χ3n) is 7.99. The van der Waals surface area contributed by atoms with E-state index in [9.17, 15) is 10.2 Å². The van der Waals surface area contributed by atoms with Gasteiger partial charge in [-0.25, -0.2) is 0 Å². The molecule has 4 fully saturated rings. The average molecular weight is 406 g/mol. The summed E-state index contributed by atoms with van der Waals surface area (Å²) in [5.41, 5.74) is -1.03. The molecule has 0 radical (unpaired) electrons. The van der Waals surface area contributed by atoms with E-state index in [2.05, 4.69) is 36.9 Å². The summed E-state index contributed by atoms with van der Waals surface area (Å²) >= 11 is 0. The van der Waals surface area contributed by atoms with Crippen molar-refractivity contribution < 1.29 is 10.2 Å². The summed E-state index contributed by atoms with van der Waals surface area (Å²) in [4.78, 5) is 4.84. The standard InChI is InChI=1S/C12H20N2O.C12H23NO/c1-14-8-10-2-3-11(9-14)7-12(15,6-10)4-5-13;1-3-12(14)6-10-4-5-11(7-12)9-13(2)8-10/h10-11,15H,2-4,6-9H2,1H3;10-11,14H,3-9H2,1-2H3. The molecule has 5 heteroatoms. The number of rotatable bonds is 2. The van der Waals surface area contributed by atoms with Crippen molar-refractivity contribution in [1.82, 2.24) is 9.80 Å². The molecule has 0 amide bonds. The molecular formula is C24H43N3O2. The maximum Gasteiger partial charge on any atom is 0.0783 e. The highest BCUT2D eigenvalue weighted by molar-refractivity contribution is 4.96. The van der Waals surface area contributed by atoms with Crippen molar-refractivity contribution in [2.24, 2.45) is 23.7 Å². The molecule has 0 aromatic rings. The normalized spacial score (nSPS) is 43.3. The van der Waals surface area contributed by atoms with Gasteiger partial charge in [0, 0.05) is 26.2 Å². The first kappa shape index (κ1) is 23.0. The van der Waals surface area contributed by atoms with Gasteiger partial charge in [-0.05, 0) is 95.6 Å². The predicted octanol–water partition coefficient (Wildman–Crippen LogP) is 3.26. The molecule has 4 bridgehead atoms. The quantitative estimate of drug-likeness (QED) is 0.738. The molecule has 2 N–H and O–H groups in total. The molecule has 2 aliphatic carbocycles. The summed E-state index contributed by atoms with van der Waals surface area (Å²) in [5.74, 6) is 2.64. The Labute approximate surface area is 178 Å². The molecule has 166 valence electrons. The van der Waals surface area contributed by atoms with Crippen LogP contribution in [0.5, 0.6) is 0 Å². The lowest BCUT2D eigenvalue weighted by Gasteiger charge is -2.35. The Morgan fingerprint density at radius 2 is 1.10 bits per heavy atom. The fourth-order valence-electron chi connectivity index (χ4n) is 6.78. The summed E-state index contributed by atoms with van der Waals surface area (Å²) in [7, 11) is 4.39. The average Bonchev–Trinajstić information content (AvgIpc) is 3.02. The monoisotopic (exact) mass is 405 g/mol. The lowest BCUT2D eigenvalue weighted by molar-refractivity contribution is -0.0157. The number of likely N-dealkylation sites (tertiary alicyclic amines) is 2. The van der Waals surface area contributed by atoms with Crippen molar-refractivity contribution in [2.75, 3.05) is 40.3 Å². The van der Waals surface area contributed by atoms with E-state index >= 15 is 0 Å². The molecule has 0 aromatic carbocycles. The van der Waals surface area contributed by atoms with Crippen LogP contribution in [0.1, 0.15) is 71.1 Å². The minimum absolute atomic E-state index is 0.309. The van der Waals surface area contributed by atoms with Crippen molar-refractivity contribution in [1.29, 1.82) is 5.26 Å². The zero-order chi connectivity index (χ0) is 21.1. The molecule has 0 aromatic heterocycles. The fourth-order valence-corrected chi connectivity index (χ4v) is 6.78. The molecule has 2 heterocycles. The Bertz CT molecular complexity index is 543. The van der Waals surface area contributed by atoms with Crippen LogP contribution in [0, 0.1) is 35.0 Å². The predicted molar refractivity (Wildman–Crippen MR) is 116 cm³/mol. The largest absolute Gasteiger partial charge is 0.390 e. The van der Waals surface area contributed by atoms with Crippen molar-refractivity contribution in [3.8, 4) is 6.07 Å². The third-order valence-corrected chi connectivity index (χ3v) is 7.99. The van der Waals surface area contributed by atoms with Crippen LogP contribution in [-0.4, -0.2) is 71.5 Å². The van der Waals surface area contributed by atoms with Gasteiger partial charge >= 0.3 is 0 Å². The Balaban J connectivity index is 0.000000166. The molecule has 4 rings (SSSR count). The number of nitriles is 1.